The zero-order valence-corrected chi connectivity index (χ0v) is 18.2. The van der Waals surface area contributed by atoms with E-state index >= 15 is 0 Å². The second-order valence-corrected chi connectivity index (χ2v) is 8.46. The summed E-state index contributed by atoms with van der Waals surface area (Å²) in [7, 11) is 1.53. The van der Waals surface area contributed by atoms with E-state index in [-0.39, 0.29) is 5.82 Å². The van der Waals surface area contributed by atoms with Crippen molar-refractivity contribution >= 4 is 21.8 Å². The Bertz CT molecular complexity index is 1470. The molecular weight excluding hydrogens is 419 g/mol. The Hall–Kier alpha value is -3.78. The van der Waals surface area contributed by atoms with Gasteiger partial charge in [-0.25, -0.2) is 4.39 Å². The Morgan fingerprint density at radius 1 is 0.970 bits per heavy atom. The largest absolute Gasteiger partial charge is 0.497 e. The molecule has 0 amide bonds. The number of aromatic amines is 2. The average Bonchev–Trinajstić information content (AvgIpc) is 3.47. The van der Waals surface area contributed by atoms with Gasteiger partial charge in [-0.3, -0.25) is 15.1 Å². The smallest absolute Gasteiger partial charge is 0.127 e. The number of rotatable bonds is 4. The summed E-state index contributed by atoms with van der Waals surface area (Å²) in [6.45, 7) is 2.04. The van der Waals surface area contributed by atoms with Crippen LogP contribution in [-0.4, -0.2) is 45.3 Å². The minimum absolute atomic E-state index is 0.353. The maximum Gasteiger partial charge on any atom is 0.127 e. The zero-order chi connectivity index (χ0) is 22.4. The molecule has 0 atom stereocenters. The lowest BCUT2D eigenvalue weighted by atomic mass is 9.93. The number of benzene rings is 1. The molecule has 4 aromatic heterocycles. The molecule has 0 unspecified atom stereocenters. The van der Waals surface area contributed by atoms with Gasteiger partial charge in [0.05, 0.1) is 36.2 Å². The van der Waals surface area contributed by atoms with Crippen molar-refractivity contribution in [2.45, 2.75) is 18.8 Å². The Morgan fingerprint density at radius 3 is 2.70 bits per heavy atom. The first-order valence-electron chi connectivity index (χ1n) is 11.1. The zero-order valence-electron chi connectivity index (χ0n) is 18.2. The van der Waals surface area contributed by atoms with Gasteiger partial charge in [-0.15, -0.1) is 0 Å². The van der Waals surface area contributed by atoms with Crippen LogP contribution in [0.1, 0.15) is 24.5 Å². The van der Waals surface area contributed by atoms with E-state index in [1.165, 1.54) is 19.2 Å². The Morgan fingerprint density at radius 2 is 1.85 bits per heavy atom. The maximum absolute atomic E-state index is 14.2. The van der Waals surface area contributed by atoms with Crippen molar-refractivity contribution < 1.29 is 9.13 Å². The molecule has 0 aliphatic carbocycles. The molecule has 1 aromatic carbocycles. The highest BCUT2D eigenvalue weighted by molar-refractivity contribution is 6.00. The molecule has 0 bridgehead atoms. The topological polar surface area (TPSA) is 91.5 Å². The summed E-state index contributed by atoms with van der Waals surface area (Å²) in [5, 5.41) is 13.1. The predicted molar refractivity (Wildman–Crippen MR) is 126 cm³/mol. The molecule has 5 aromatic rings. The monoisotopic (exact) mass is 442 g/mol. The summed E-state index contributed by atoms with van der Waals surface area (Å²) in [4.78, 5) is 12.5. The minimum Gasteiger partial charge on any atom is -0.497 e. The molecule has 1 aliphatic heterocycles. The standard InChI is InChI=1S/C25H23FN6O/c1-33-17-7-15(6-16(26)8-17)20-11-28-12-23-18(20)9-22(30-23)25-19-10-21(14-2-4-27-5-3-14)29-13-24(19)31-32-25/h6-14,27,30H,2-5H2,1H3,(H,31,32). The van der Waals surface area contributed by atoms with Gasteiger partial charge in [-0.05, 0) is 55.8 Å². The number of H-pyrrole nitrogens is 2. The van der Waals surface area contributed by atoms with E-state index in [0.29, 0.717) is 17.2 Å². The van der Waals surface area contributed by atoms with Crippen LogP contribution in [0.2, 0.25) is 0 Å². The second-order valence-electron chi connectivity index (χ2n) is 8.46. The van der Waals surface area contributed by atoms with E-state index in [9.17, 15) is 4.39 Å². The lowest BCUT2D eigenvalue weighted by Gasteiger charge is -2.22. The fraction of sp³-hybridized carbons (Fsp3) is 0.240. The molecule has 6 rings (SSSR count). The number of hydrogen-bond donors (Lipinski definition) is 3. The predicted octanol–water partition coefficient (Wildman–Crippen LogP) is 4.78. The molecular formula is C25H23FN6O. The summed E-state index contributed by atoms with van der Waals surface area (Å²) in [6.07, 6.45) is 7.57. The summed E-state index contributed by atoms with van der Waals surface area (Å²) >= 11 is 0. The van der Waals surface area contributed by atoms with Gasteiger partial charge >= 0.3 is 0 Å². The van der Waals surface area contributed by atoms with Crippen LogP contribution in [0, 0.1) is 5.82 Å². The quantitative estimate of drug-likeness (QED) is 0.373. The number of fused-ring (bicyclic) bond motifs is 2. The van der Waals surface area contributed by atoms with Crippen LogP contribution in [-0.2, 0) is 0 Å². The molecule has 1 saturated heterocycles. The van der Waals surface area contributed by atoms with Crippen LogP contribution in [0.5, 0.6) is 5.75 Å². The third-order valence-electron chi connectivity index (χ3n) is 6.44. The highest BCUT2D eigenvalue weighted by Gasteiger charge is 2.19. The van der Waals surface area contributed by atoms with Gasteiger partial charge in [-0.2, -0.15) is 5.10 Å². The van der Waals surface area contributed by atoms with E-state index in [4.69, 9.17) is 9.72 Å². The third-order valence-corrected chi connectivity index (χ3v) is 6.44. The van der Waals surface area contributed by atoms with Crippen molar-refractivity contribution in [3.63, 3.8) is 0 Å². The van der Waals surface area contributed by atoms with Gasteiger partial charge in [0.25, 0.3) is 0 Å². The molecule has 1 aliphatic rings. The molecule has 0 saturated carbocycles. The molecule has 0 spiro atoms. The van der Waals surface area contributed by atoms with E-state index in [2.05, 4.69) is 31.5 Å². The third kappa shape index (κ3) is 3.52. The van der Waals surface area contributed by atoms with Crippen LogP contribution >= 0.6 is 0 Å². The molecule has 5 heterocycles. The summed E-state index contributed by atoms with van der Waals surface area (Å²) in [5.41, 5.74) is 6.10. The maximum atomic E-state index is 14.2. The molecule has 166 valence electrons. The normalized spacial score (nSPS) is 14.8. The fourth-order valence-electron chi connectivity index (χ4n) is 4.72. The molecule has 33 heavy (non-hydrogen) atoms. The number of piperidine rings is 1. The Kier molecular flexibility index (Phi) is 4.80. The minimum atomic E-state index is -0.353. The van der Waals surface area contributed by atoms with E-state index in [0.717, 1.165) is 70.4 Å². The molecule has 0 radical (unpaired) electrons. The number of nitrogens with one attached hydrogen (secondary N) is 3. The number of halogens is 1. The molecule has 3 N–H and O–H groups in total. The van der Waals surface area contributed by atoms with Gasteiger partial charge in [0.2, 0.25) is 0 Å². The average molecular weight is 442 g/mol. The van der Waals surface area contributed by atoms with Gasteiger partial charge < -0.3 is 15.0 Å². The molecule has 8 heteroatoms. The van der Waals surface area contributed by atoms with E-state index in [1.54, 1.807) is 12.4 Å². The van der Waals surface area contributed by atoms with Crippen LogP contribution in [0.4, 0.5) is 4.39 Å². The van der Waals surface area contributed by atoms with Crippen molar-refractivity contribution in [3.05, 3.63) is 60.4 Å². The summed E-state index contributed by atoms with van der Waals surface area (Å²) in [6, 6.07) is 8.87. The van der Waals surface area contributed by atoms with Crippen molar-refractivity contribution in [3.8, 4) is 28.3 Å². The van der Waals surface area contributed by atoms with Gasteiger partial charge in [0.1, 0.15) is 17.3 Å². The van der Waals surface area contributed by atoms with Crippen LogP contribution < -0.4 is 10.1 Å². The van der Waals surface area contributed by atoms with Crippen molar-refractivity contribution in [2.75, 3.05) is 20.2 Å². The summed E-state index contributed by atoms with van der Waals surface area (Å²) in [5.74, 6) is 0.572. The summed E-state index contributed by atoms with van der Waals surface area (Å²) < 4.78 is 19.4. The SMILES string of the molecule is COc1cc(F)cc(-c2cncc3[nH]c(-c4n[nH]c5cnc(C6CCNCC6)cc45)cc23)c1. The fourth-order valence-corrected chi connectivity index (χ4v) is 4.72. The number of ether oxygens (including phenoxy) is 1. The highest BCUT2D eigenvalue weighted by atomic mass is 19.1. The first kappa shape index (κ1) is 19.9. The number of pyridine rings is 2. The van der Waals surface area contributed by atoms with Crippen LogP contribution in [0.25, 0.3) is 44.3 Å². The molecule has 1 fully saturated rings. The van der Waals surface area contributed by atoms with Crippen LogP contribution in [0.3, 0.4) is 0 Å². The number of aromatic nitrogens is 5. The Labute approximate surface area is 189 Å². The van der Waals surface area contributed by atoms with Crippen molar-refractivity contribution in [1.29, 1.82) is 0 Å². The van der Waals surface area contributed by atoms with Gasteiger partial charge in [0.15, 0.2) is 0 Å². The van der Waals surface area contributed by atoms with Crippen molar-refractivity contribution in [1.82, 2.24) is 30.5 Å². The number of nitrogens with zero attached hydrogens (tertiary/aromatic N) is 3. The van der Waals surface area contributed by atoms with Gasteiger partial charge in [0, 0.05) is 40.2 Å². The van der Waals surface area contributed by atoms with Gasteiger partial charge in [-0.1, -0.05) is 0 Å². The number of hydrogen-bond acceptors (Lipinski definition) is 5. The lowest BCUT2D eigenvalue weighted by molar-refractivity contribution is 0.411. The number of methoxy groups -OCH3 is 1. The van der Waals surface area contributed by atoms with E-state index < -0.39 is 0 Å². The highest BCUT2D eigenvalue weighted by Crippen LogP contribution is 2.35. The Balaban J connectivity index is 1.46. The molecule has 7 nitrogen and oxygen atoms in total. The van der Waals surface area contributed by atoms with Crippen LogP contribution in [0.15, 0.2) is 48.9 Å². The van der Waals surface area contributed by atoms with E-state index in [1.807, 2.05) is 18.3 Å². The first-order chi connectivity index (χ1) is 16.2. The lowest BCUT2D eigenvalue weighted by Crippen LogP contribution is -2.27. The second kappa shape index (κ2) is 7.97. The first-order valence-corrected chi connectivity index (χ1v) is 11.1. The van der Waals surface area contributed by atoms with Crippen molar-refractivity contribution in [2.24, 2.45) is 0 Å².